The number of carbonyl (C=O) groups excluding carboxylic acids is 1. The maximum absolute atomic E-state index is 11.9. The van der Waals surface area contributed by atoms with E-state index in [1.807, 2.05) is 26.0 Å². The van der Waals surface area contributed by atoms with Gasteiger partial charge in [-0.3, -0.25) is 9.78 Å². The van der Waals surface area contributed by atoms with Gasteiger partial charge in [0.1, 0.15) is 5.69 Å². The van der Waals surface area contributed by atoms with Crippen LogP contribution in [0.3, 0.4) is 0 Å². The molecule has 0 fully saturated rings. The van der Waals surface area contributed by atoms with E-state index in [0.717, 1.165) is 15.4 Å². The van der Waals surface area contributed by atoms with Crippen LogP contribution in [-0.4, -0.2) is 15.9 Å². The Kier molecular flexibility index (Phi) is 3.49. The van der Waals surface area contributed by atoms with Crippen molar-refractivity contribution in [1.29, 1.82) is 0 Å². The smallest absolute Gasteiger partial charge is 0.271 e. The van der Waals surface area contributed by atoms with E-state index in [9.17, 15) is 4.79 Å². The molecule has 0 aliphatic heterocycles. The minimum atomic E-state index is -0.122. The molecule has 0 aliphatic carbocycles. The van der Waals surface area contributed by atoms with Gasteiger partial charge in [0.2, 0.25) is 0 Å². The fraction of sp³-hybridized carbons (Fsp3) is 0.250. The Morgan fingerprint density at radius 3 is 2.65 bits per heavy atom. The molecule has 0 aliphatic rings. The molecule has 5 heteroatoms. The van der Waals surface area contributed by atoms with E-state index < -0.39 is 0 Å². The van der Waals surface area contributed by atoms with E-state index in [1.165, 1.54) is 11.3 Å². The van der Waals surface area contributed by atoms with Gasteiger partial charge in [-0.1, -0.05) is 0 Å². The van der Waals surface area contributed by atoms with Gasteiger partial charge < -0.3 is 5.32 Å². The Hall–Kier alpha value is -1.75. The fourth-order valence-corrected chi connectivity index (χ4v) is 2.32. The van der Waals surface area contributed by atoms with Gasteiger partial charge in [-0.2, -0.15) is 0 Å². The van der Waals surface area contributed by atoms with Crippen molar-refractivity contribution >= 4 is 17.2 Å². The van der Waals surface area contributed by atoms with Crippen LogP contribution in [0.5, 0.6) is 0 Å². The first-order chi connectivity index (χ1) is 8.16. The minimum Gasteiger partial charge on any atom is -0.347 e. The lowest BCUT2D eigenvalue weighted by Crippen LogP contribution is -2.23. The average molecular weight is 247 g/mol. The number of aromatic nitrogens is 2. The maximum Gasteiger partial charge on any atom is 0.271 e. The number of aryl methyl sites for hydroxylation is 2. The maximum atomic E-state index is 11.9. The molecule has 0 unspecified atom stereocenters. The molecule has 2 aromatic rings. The number of carbonyl (C=O) groups is 1. The molecule has 88 valence electrons. The van der Waals surface area contributed by atoms with Crippen LogP contribution in [0, 0.1) is 13.8 Å². The third kappa shape index (κ3) is 2.88. The van der Waals surface area contributed by atoms with Crippen molar-refractivity contribution in [3.63, 3.8) is 0 Å². The SMILES string of the molecule is Cc1nc(C(=O)NCc2ccncc2)c(C)s1. The average Bonchev–Trinajstić information content (AvgIpc) is 2.67. The van der Waals surface area contributed by atoms with Crippen molar-refractivity contribution in [2.75, 3.05) is 0 Å². The van der Waals surface area contributed by atoms with Crippen LogP contribution < -0.4 is 5.32 Å². The first kappa shape index (κ1) is 11.7. The zero-order valence-electron chi connectivity index (χ0n) is 9.73. The molecule has 4 nitrogen and oxygen atoms in total. The number of nitrogens with zero attached hydrogens (tertiary/aromatic N) is 2. The highest BCUT2D eigenvalue weighted by Gasteiger charge is 2.13. The molecule has 1 amide bonds. The summed E-state index contributed by atoms with van der Waals surface area (Å²) in [6.45, 7) is 4.31. The van der Waals surface area contributed by atoms with Gasteiger partial charge in [-0.05, 0) is 31.5 Å². The largest absolute Gasteiger partial charge is 0.347 e. The number of rotatable bonds is 3. The van der Waals surface area contributed by atoms with E-state index in [0.29, 0.717) is 12.2 Å². The Morgan fingerprint density at radius 1 is 1.35 bits per heavy atom. The molecule has 0 aromatic carbocycles. The van der Waals surface area contributed by atoms with Gasteiger partial charge in [0, 0.05) is 23.8 Å². The quantitative estimate of drug-likeness (QED) is 0.903. The zero-order chi connectivity index (χ0) is 12.3. The summed E-state index contributed by atoms with van der Waals surface area (Å²) in [6, 6.07) is 3.75. The van der Waals surface area contributed by atoms with E-state index in [2.05, 4.69) is 15.3 Å². The van der Waals surface area contributed by atoms with E-state index in [1.54, 1.807) is 12.4 Å². The third-order valence-corrected chi connectivity index (χ3v) is 3.21. The van der Waals surface area contributed by atoms with Crippen LogP contribution in [0.15, 0.2) is 24.5 Å². The predicted molar refractivity (Wildman–Crippen MR) is 67.0 cm³/mol. The number of hydrogen-bond acceptors (Lipinski definition) is 4. The topological polar surface area (TPSA) is 54.9 Å². The molecule has 0 spiro atoms. The van der Waals surface area contributed by atoms with Gasteiger partial charge in [0.15, 0.2) is 0 Å². The molecule has 0 atom stereocenters. The van der Waals surface area contributed by atoms with Crippen molar-refractivity contribution in [1.82, 2.24) is 15.3 Å². The highest BCUT2D eigenvalue weighted by atomic mass is 32.1. The zero-order valence-corrected chi connectivity index (χ0v) is 10.5. The van der Waals surface area contributed by atoms with Crippen LogP contribution in [-0.2, 0) is 6.54 Å². The van der Waals surface area contributed by atoms with Crippen molar-refractivity contribution in [3.8, 4) is 0 Å². The molecular weight excluding hydrogens is 234 g/mol. The van der Waals surface area contributed by atoms with Crippen LogP contribution in [0.2, 0.25) is 0 Å². The molecule has 17 heavy (non-hydrogen) atoms. The van der Waals surface area contributed by atoms with Crippen molar-refractivity contribution in [3.05, 3.63) is 45.7 Å². The lowest BCUT2D eigenvalue weighted by atomic mass is 10.2. The summed E-state index contributed by atoms with van der Waals surface area (Å²) in [5, 5.41) is 3.76. The van der Waals surface area contributed by atoms with Gasteiger partial charge in [0.25, 0.3) is 5.91 Å². The number of amides is 1. The highest BCUT2D eigenvalue weighted by molar-refractivity contribution is 7.11. The van der Waals surface area contributed by atoms with Gasteiger partial charge in [-0.25, -0.2) is 4.98 Å². The molecule has 1 N–H and O–H groups in total. The monoisotopic (exact) mass is 247 g/mol. The van der Waals surface area contributed by atoms with Crippen molar-refractivity contribution < 1.29 is 4.79 Å². The lowest BCUT2D eigenvalue weighted by molar-refractivity contribution is 0.0946. The summed E-state index contributed by atoms with van der Waals surface area (Å²) in [7, 11) is 0. The Balaban J connectivity index is 2.01. The molecule has 2 aromatic heterocycles. The molecular formula is C12H13N3OS. The minimum absolute atomic E-state index is 0.122. The summed E-state index contributed by atoms with van der Waals surface area (Å²) in [5.74, 6) is -0.122. The number of hydrogen-bond donors (Lipinski definition) is 1. The molecule has 2 heterocycles. The van der Waals surface area contributed by atoms with E-state index in [4.69, 9.17) is 0 Å². The summed E-state index contributed by atoms with van der Waals surface area (Å²) in [6.07, 6.45) is 3.42. The molecule has 0 saturated carbocycles. The number of thiazole rings is 1. The molecule has 0 bridgehead atoms. The molecule has 0 saturated heterocycles. The van der Waals surface area contributed by atoms with Crippen LogP contribution in [0.25, 0.3) is 0 Å². The lowest BCUT2D eigenvalue weighted by Gasteiger charge is -2.03. The van der Waals surface area contributed by atoms with E-state index >= 15 is 0 Å². The number of pyridine rings is 1. The van der Waals surface area contributed by atoms with Gasteiger partial charge >= 0.3 is 0 Å². The second kappa shape index (κ2) is 5.05. The third-order valence-electron chi connectivity index (χ3n) is 2.32. The van der Waals surface area contributed by atoms with Gasteiger partial charge in [0.05, 0.1) is 5.01 Å². The second-order valence-electron chi connectivity index (χ2n) is 3.68. The normalized spacial score (nSPS) is 10.2. The van der Waals surface area contributed by atoms with Crippen LogP contribution >= 0.6 is 11.3 Å². The van der Waals surface area contributed by atoms with Crippen LogP contribution in [0.1, 0.15) is 25.9 Å². The Labute approximate surface area is 104 Å². The summed E-state index contributed by atoms with van der Waals surface area (Å²) >= 11 is 1.54. The predicted octanol–water partition coefficient (Wildman–Crippen LogP) is 2.08. The van der Waals surface area contributed by atoms with Gasteiger partial charge in [-0.15, -0.1) is 11.3 Å². The highest BCUT2D eigenvalue weighted by Crippen LogP contribution is 2.16. The first-order valence-electron chi connectivity index (χ1n) is 5.28. The molecule has 0 radical (unpaired) electrons. The summed E-state index contributed by atoms with van der Waals surface area (Å²) < 4.78 is 0. The Bertz CT molecular complexity index is 522. The first-order valence-corrected chi connectivity index (χ1v) is 6.09. The fourth-order valence-electron chi connectivity index (χ4n) is 1.51. The van der Waals surface area contributed by atoms with E-state index in [-0.39, 0.29) is 5.91 Å². The molecule has 2 rings (SSSR count). The van der Waals surface area contributed by atoms with Crippen molar-refractivity contribution in [2.45, 2.75) is 20.4 Å². The number of nitrogens with one attached hydrogen (secondary N) is 1. The summed E-state index contributed by atoms with van der Waals surface area (Å²) in [4.78, 5) is 21.0. The van der Waals surface area contributed by atoms with Crippen molar-refractivity contribution in [2.24, 2.45) is 0 Å². The standard InChI is InChI=1S/C12H13N3OS/c1-8-11(15-9(2)17-8)12(16)14-7-10-3-5-13-6-4-10/h3-6H,7H2,1-2H3,(H,14,16). The summed E-state index contributed by atoms with van der Waals surface area (Å²) in [5.41, 5.74) is 1.56. The second-order valence-corrected chi connectivity index (χ2v) is 5.08. The van der Waals surface area contributed by atoms with Crippen LogP contribution in [0.4, 0.5) is 0 Å². The Morgan fingerprint density at radius 2 is 2.06 bits per heavy atom.